The number of rotatable bonds is 1. The predicted octanol–water partition coefficient (Wildman–Crippen LogP) is 3.29. The van der Waals surface area contributed by atoms with Crippen molar-refractivity contribution in [3.05, 3.63) is 33.0 Å². The molecule has 0 aromatic heterocycles. The summed E-state index contributed by atoms with van der Waals surface area (Å²) in [6.45, 7) is 0.968. The molecule has 1 heterocycles. The lowest BCUT2D eigenvalue weighted by Gasteiger charge is -2.11. The van der Waals surface area contributed by atoms with Crippen LogP contribution in [0.25, 0.3) is 0 Å². The van der Waals surface area contributed by atoms with Gasteiger partial charge in [0.2, 0.25) is 0 Å². The average molecular weight is 282 g/mol. The van der Waals surface area contributed by atoms with Gasteiger partial charge in [0.05, 0.1) is 18.2 Å². The number of ether oxygens (including phenoxy) is 2. The summed E-state index contributed by atoms with van der Waals surface area (Å²) >= 11 is 8.86. The average Bonchev–Trinajstić information content (AvgIpc) is 2.67. The molecule has 0 amide bonds. The van der Waals surface area contributed by atoms with E-state index in [-0.39, 0.29) is 5.02 Å². The van der Waals surface area contributed by atoms with Crippen molar-refractivity contribution in [2.45, 2.75) is 6.29 Å². The van der Waals surface area contributed by atoms with Gasteiger partial charge in [-0.2, -0.15) is 0 Å². The van der Waals surface area contributed by atoms with Crippen LogP contribution >= 0.6 is 27.5 Å². The van der Waals surface area contributed by atoms with Gasteiger partial charge in [0.1, 0.15) is 0 Å². The molecule has 2 nitrogen and oxygen atoms in total. The lowest BCUT2D eigenvalue weighted by Crippen LogP contribution is -2.01. The zero-order chi connectivity index (χ0) is 10.1. The van der Waals surface area contributed by atoms with Gasteiger partial charge in [-0.1, -0.05) is 11.6 Å². The molecule has 0 saturated carbocycles. The van der Waals surface area contributed by atoms with Crippen molar-refractivity contribution in [3.63, 3.8) is 0 Å². The zero-order valence-electron chi connectivity index (χ0n) is 7.10. The molecule has 14 heavy (non-hydrogen) atoms. The van der Waals surface area contributed by atoms with Gasteiger partial charge in [-0.25, -0.2) is 4.39 Å². The van der Waals surface area contributed by atoms with E-state index < -0.39 is 12.1 Å². The monoisotopic (exact) mass is 280 g/mol. The summed E-state index contributed by atoms with van der Waals surface area (Å²) in [6.07, 6.45) is -0.624. The summed E-state index contributed by atoms with van der Waals surface area (Å²) in [5.41, 5.74) is 0.343. The minimum Gasteiger partial charge on any atom is -0.346 e. The molecule has 0 unspecified atom stereocenters. The van der Waals surface area contributed by atoms with Gasteiger partial charge in [0, 0.05) is 10.0 Å². The van der Waals surface area contributed by atoms with Gasteiger partial charge in [-0.3, -0.25) is 0 Å². The van der Waals surface area contributed by atoms with E-state index in [0.29, 0.717) is 23.2 Å². The first-order valence-corrected chi connectivity index (χ1v) is 5.24. The van der Waals surface area contributed by atoms with Crippen LogP contribution < -0.4 is 0 Å². The summed E-state index contributed by atoms with van der Waals surface area (Å²) in [6, 6.07) is 3.27. The summed E-state index contributed by atoms with van der Waals surface area (Å²) < 4.78 is 24.5. The zero-order valence-corrected chi connectivity index (χ0v) is 9.44. The third kappa shape index (κ3) is 1.80. The summed E-state index contributed by atoms with van der Waals surface area (Å²) in [4.78, 5) is 0. The van der Waals surface area contributed by atoms with Gasteiger partial charge in [-0.05, 0) is 28.1 Å². The Labute approximate surface area is 94.1 Å². The molecule has 0 bridgehead atoms. The Bertz CT molecular complexity index is 353. The van der Waals surface area contributed by atoms with Gasteiger partial charge < -0.3 is 9.47 Å². The second-order valence-corrected chi connectivity index (χ2v) is 4.07. The van der Waals surface area contributed by atoms with Crippen molar-refractivity contribution in [1.82, 2.24) is 0 Å². The van der Waals surface area contributed by atoms with Crippen molar-refractivity contribution in [2.24, 2.45) is 0 Å². The maximum atomic E-state index is 13.6. The molecule has 1 aliphatic rings. The molecule has 0 atom stereocenters. The van der Waals surface area contributed by atoms with Crippen LogP contribution in [-0.2, 0) is 9.47 Å². The Morgan fingerprint density at radius 2 is 2.00 bits per heavy atom. The van der Waals surface area contributed by atoms with E-state index >= 15 is 0 Å². The van der Waals surface area contributed by atoms with Crippen LogP contribution in [0.2, 0.25) is 5.02 Å². The van der Waals surface area contributed by atoms with Crippen molar-refractivity contribution in [1.29, 1.82) is 0 Å². The van der Waals surface area contributed by atoms with E-state index in [4.69, 9.17) is 21.1 Å². The fourth-order valence-electron chi connectivity index (χ4n) is 1.26. The lowest BCUT2D eigenvalue weighted by molar-refractivity contribution is -0.0464. The van der Waals surface area contributed by atoms with Crippen molar-refractivity contribution in [3.8, 4) is 0 Å². The molecule has 1 aromatic carbocycles. The smallest absolute Gasteiger partial charge is 0.186 e. The Morgan fingerprint density at radius 1 is 1.36 bits per heavy atom. The Morgan fingerprint density at radius 3 is 2.64 bits per heavy atom. The van der Waals surface area contributed by atoms with Crippen LogP contribution in [0.15, 0.2) is 16.6 Å². The van der Waals surface area contributed by atoms with Crippen LogP contribution in [-0.4, -0.2) is 13.2 Å². The first-order valence-electron chi connectivity index (χ1n) is 4.07. The summed E-state index contributed by atoms with van der Waals surface area (Å²) in [5.74, 6) is -0.493. The van der Waals surface area contributed by atoms with Crippen molar-refractivity contribution >= 4 is 27.5 Å². The predicted molar refractivity (Wildman–Crippen MR) is 53.8 cm³/mol. The second-order valence-electron chi connectivity index (χ2n) is 2.84. The van der Waals surface area contributed by atoms with E-state index in [9.17, 15) is 4.39 Å². The van der Waals surface area contributed by atoms with Crippen LogP contribution in [0.5, 0.6) is 0 Å². The van der Waals surface area contributed by atoms with Crippen LogP contribution in [0.1, 0.15) is 11.9 Å². The molecule has 1 fully saturated rings. The highest BCUT2D eigenvalue weighted by atomic mass is 79.9. The summed E-state index contributed by atoms with van der Waals surface area (Å²) in [5, 5.41) is 0.0570. The first kappa shape index (κ1) is 10.4. The van der Waals surface area contributed by atoms with Gasteiger partial charge in [-0.15, -0.1) is 0 Å². The quantitative estimate of drug-likeness (QED) is 0.736. The van der Waals surface area contributed by atoms with E-state index in [0.717, 1.165) is 0 Å². The third-order valence-electron chi connectivity index (χ3n) is 1.94. The molecule has 0 spiro atoms. The van der Waals surface area contributed by atoms with Crippen LogP contribution in [0.4, 0.5) is 4.39 Å². The largest absolute Gasteiger partial charge is 0.346 e. The van der Waals surface area contributed by atoms with Crippen molar-refractivity contribution < 1.29 is 13.9 Å². The molecule has 1 aromatic rings. The maximum Gasteiger partial charge on any atom is 0.186 e. The molecule has 0 aliphatic carbocycles. The van der Waals surface area contributed by atoms with E-state index in [2.05, 4.69) is 15.9 Å². The van der Waals surface area contributed by atoms with Crippen LogP contribution in [0, 0.1) is 5.82 Å². The number of hydrogen-bond acceptors (Lipinski definition) is 2. The highest BCUT2D eigenvalue weighted by molar-refractivity contribution is 9.10. The minimum atomic E-state index is -0.624. The Hall–Kier alpha value is -0.160. The molecule has 0 radical (unpaired) electrons. The van der Waals surface area contributed by atoms with E-state index in [1.807, 2.05) is 0 Å². The highest BCUT2D eigenvalue weighted by Gasteiger charge is 2.23. The fraction of sp³-hybridized carbons (Fsp3) is 0.333. The SMILES string of the molecule is Fc1c(C2OCCO2)ccc(Br)c1Cl. The molecule has 5 heteroatoms. The van der Waals surface area contributed by atoms with Gasteiger partial charge >= 0.3 is 0 Å². The molecule has 1 aliphatic heterocycles. The summed E-state index contributed by atoms with van der Waals surface area (Å²) in [7, 11) is 0. The van der Waals surface area contributed by atoms with Crippen LogP contribution in [0.3, 0.4) is 0 Å². The first-order chi connectivity index (χ1) is 6.70. The maximum absolute atomic E-state index is 13.6. The topological polar surface area (TPSA) is 18.5 Å². The normalized spacial score (nSPS) is 17.6. The second kappa shape index (κ2) is 4.14. The minimum absolute atomic E-state index is 0.0570. The molecule has 2 rings (SSSR count). The Balaban J connectivity index is 2.38. The number of halogens is 3. The third-order valence-corrected chi connectivity index (χ3v) is 3.20. The van der Waals surface area contributed by atoms with E-state index in [1.54, 1.807) is 12.1 Å². The molecular formula is C9H7BrClFO2. The molecule has 1 saturated heterocycles. The van der Waals surface area contributed by atoms with Gasteiger partial charge in [0.15, 0.2) is 12.1 Å². The Kier molecular flexibility index (Phi) is 3.07. The molecular weight excluding hydrogens is 274 g/mol. The fourth-order valence-corrected chi connectivity index (χ4v) is 1.74. The van der Waals surface area contributed by atoms with Gasteiger partial charge in [0.25, 0.3) is 0 Å². The molecule has 0 N–H and O–H groups in total. The number of benzene rings is 1. The number of hydrogen-bond donors (Lipinski definition) is 0. The lowest BCUT2D eigenvalue weighted by atomic mass is 10.2. The highest BCUT2D eigenvalue weighted by Crippen LogP contribution is 2.33. The standard InChI is InChI=1S/C9H7BrClFO2/c10-6-2-1-5(8(12)7(6)11)9-13-3-4-14-9/h1-2,9H,3-4H2. The van der Waals surface area contributed by atoms with E-state index in [1.165, 1.54) is 0 Å². The molecule has 76 valence electrons. The van der Waals surface area contributed by atoms with Crippen molar-refractivity contribution in [2.75, 3.05) is 13.2 Å².